The molecule has 1 aliphatic heterocycles. The third-order valence-electron chi connectivity index (χ3n) is 3.96. The van der Waals surface area contributed by atoms with Crippen LogP contribution in [0.25, 0.3) is 0 Å². The zero-order chi connectivity index (χ0) is 11.8. The summed E-state index contributed by atoms with van der Waals surface area (Å²) in [7, 11) is 0. The first kappa shape index (κ1) is 10.8. The molecule has 1 aromatic carbocycles. The minimum absolute atomic E-state index is 0.240. The fraction of sp³-hybridized carbons (Fsp3) is 0.500. The standard InChI is InChI=1S/C14H17FN2/c15-12-6-5-11-9-17(14(16)13(11)7-12)8-10-3-1-2-4-10/h5-7,10,16H,1-4,8-9H2. The highest BCUT2D eigenvalue weighted by Gasteiger charge is 2.27. The van der Waals surface area contributed by atoms with Gasteiger partial charge in [0.25, 0.3) is 0 Å². The number of halogens is 1. The lowest BCUT2D eigenvalue weighted by atomic mass is 10.1. The zero-order valence-electron chi connectivity index (χ0n) is 9.88. The van der Waals surface area contributed by atoms with Crippen LogP contribution in [0.3, 0.4) is 0 Å². The van der Waals surface area contributed by atoms with Crippen molar-refractivity contribution in [3.05, 3.63) is 35.1 Å². The first-order valence-corrected chi connectivity index (χ1v) is 6.36. The molecule has 17 heavy (non-hydrogen) atoms. The molecule has 2 aliphatic rings. The largest absolute Gasteiger partial charge is 0.352 e. The Balaban J connectivity index is 1.76. The van der Waals surface area contributed by atoms with Crippen LogP contribution in [0.4, 0.5) is 4.39 Å². The lowest BCUT2D eigenvalue weighted by molar-refractivity contribution is 0.344. The molecule has 1 fully saturated rings. The molecule has 3 rings (SSSR count). The molecule has 1 saturated carbocycles. The number of benzene rings is 1. The van der Waals surface area contributed by atoms with Crippen molar-refractivity contribution in [2.24, 2.45) is 5.92 Å². The van der Waals surface area contributed by atoms with E-state index in [4.69, 9.17) is 5.41 Å². The van der Waals surface area contributed by atoms with Crippen molar-refractivity contribution in [3.63, 3.8) is 0 Å². The van der Waals surface area contributed by atoms with E-state index in [1.54, 1.807) is 0 Å². The Morgan fingerprint density at radius 3 is 2.82 bits per heavy atom. The van der Waals surface area contributed by atoms with Gasteiger partial charge in [-0.2, -0.15) is 0 Å². The van der Waals surface area contributed by atoms with Gasteiger partial charge < -0.3 is 4.90 Å². The van der Waals surface area contributed by atoms with Crippen LogP contribution in [0.2, 0.25) is 0 Å². The summed E-state index contributed by atoms with van der Waals surface area (Å²) in [4.78, 5) is 2.10. The summed E-state index contributed by atoms with van der Waals surface area (Å²) in [6.07, 6.45) is 5.23. The Hall–Kier alpha value is -1.38. The van der Waals surface area contributed by atoms with Crippen molar-refractivity contribution in [2.45, 2.75) is 32.2 Å². The highest BCUT2D eigenvalue weighted by atomic mass is 19.1. The summed E-state index contributed by atoms with van der Waals surface area (Å²) in [5.41, 5.74) is 1.87. The van der Waals surface area contributed by atoms with Gasteiger partial charge in [-0.3, -0.25) is 5.41 Å². The lowest BCUT2D eigenvalue weighted by Crippen LogP contribution is -2.29. The summed E-state index contributed by atoms with van der Waals surface area (Å²) in [6, 6.07) is 4.80. The molecule has 0 saturated heterocycles. The fourth-order valence-corrected chi connectivity index (χ4v) is 3.02. The average Bonchev–Trinajstić information content (AvgIpc) is 2.91. The maximum Gasteiger partial charge on any atom is 0.128 e. The second-order valence-electron chi connectivity index (χ2n) is 5.18. The van der Waals surface area contributed by atoms with Crippen molar-refractivity contribution in [1.29, 1.82) is 5.41 Å². The molecule has 1 heterocycles. The summed E-state index contributed by atoms with van der Waals surface area (Å²) >= 11 is 0. The minimum Gasteiger partial charge on any atom is -0.352 e. The fourth-order valence-electron chi connectivity index (χ4n) is 3.02. The van der Waals surface area contributed by atoms with Crippen LogP contribution in [0.1, 0.15) is 36.8 Å². The Kier molecular flexibility index (Phi) is 2.61. The maximum absolute atomic E-state index is 13.2. The van der Waals surface area contributed by atoms with Gasteiger partial charge in [-0.25, -0.2) is 4.39 Å². The summed E-state index contributed by atoms with van der Waals surface area (Å²) < 4.78 is 13.2. The Morgan fingerprint density at radius 1 is 1.29 bits per heavy atom. The van der Waals surface area contributed by atoms with Gasteiger partial charge in [0.2, 0.25) is 0 Å². The molecule has 90 valence electrons. The van der Waals surface area contributed by atoms with Gasteiger partial charge in [-0.05, 0) is 36.5 Å². The Bertz CT molecular complexity index is 450. The van der Waals surface area contributed by atoms with E-state index in [1.807, 2.05) is 6.07 Å². The van der Waals surface area contributed by atoms with Crippen LogP contribution in [0, 0.1) is 17.1 Å². The molecule has 3 heteroatoms. The van der Waals surface area contributed by atoms with Gasteiger partial charge >= 0.3 is 0 Å². The predicted octanol–water partition coefficient (Wildman–Crippen LogP) is 3.16. The van der Waals surface area contributed by atoms with Crippen LogP contribution >= 0.6 is 0 Å². The van der Waals surface area contributed by atoms with E-state index in [0.29, 0.717) is 5.84 Å². The van der Waals surface area contributed by atoms with E-state index >= 15 is 0 Å². The summed E-state index contributed by atoms with van der Waals surface area (Å²) in [5, 5.41) is 8.11. The molecular weight excluding hydrogens is 215 g/mol. The van der Waals surface area contributed by atoms with Crippen molar-refractivity contribution in [3.8, 4) is 0 Å². The van der Waals surface area contributed by atoms with Gasteiger partial charge in [-0.1, -0.05) is 18.9 Å². The number of nitrogens with one attached hydrogen (secondary N) is 1. The molecule has 1 aliphatic carbocycles. The Labute approximate surface area is 101 Å². The summed E-state index contributed by atoms with van der Waals surface area (Å²) in [5.74, 6) is 0.997. The van der Waals surface area contributed by atoms with E-state index in [1.165, 1.54) is 37.8 Å². The maximum atomic E-state index is 13.2. The van der Waals surface area contributed by atoms with Gasteiger partial charge in [0.15, 0.2) is 0 Å². The Morgan fingerprint density at radius 2 is 2.06 bits per heavy atom. The molecule has 0 atom stereocenters. The van der Waals surface area contributed by atoms with E-state index in [-0.39, 0.29) is 5.82 Å². The second kappa shape index (κ2) is 4.13. The highest BCUT2D eigenvalue weighted by molar-refractivity contribution is 6.00. The predicted molar refractivity (Wildman–Crippen MR) is 65.6 cm³/mol. The number of rotatable bonds is 2. The quantitative estimate of drug-likeness (QED) is 0.833. The van der Waals surface area contributed by atoms with Crippen molar-refractivity contribution in [1.82, 2.24) is 4.90 Å². The van der Waals surface area contributed by atoms with Crippen LogP contribution in [0.5, 0.6) is 0 Å². The third-order valence-corrected chi connectivity index (χ3v) is 3.96. The molecule has 0 amide bonds. The van der Waals surface area contributed by atoms with Gasteiger partial charge in [0.05, 0.1) is 0 Å². The second-order valence-corrected chi connectivity index (χ2v) is 5.18. The first-order valence-electron chi connectivity index (χ1n) is 6.36. The highest BCUT2D eigenvalue weighted by Crippen LogP contribution is 2.29. The molecule has 0 radical (unpaired) electrons. The van der Waals surface area contributed by atoms with E-state index in [0.717, 1.165) is 30.1 Å². The smallest absolute Gasteiger partial charge is 0.128 e. The van der Waals surface area contributed by atoms with Crippen molar-refractivity contribution in [2.75, 3.05) is 6.54 Å². The topological polar surface area (TPSA) is 27.1 Å². The molecule has 1 N–H and O–H groups in total. The molecule has 0 bridgehead atoms. The van der Waals surface area contributed by atoms with Crippen LogP contribution in [-0.4, -0.2) is 17.3 Å². The molecular formula is C14H17FN2. The number of hydrogen-bond acceptors (Lipinski definition) is 1. The number of nitrogens with zero attached hydrogens (tertiary/aromatic N) is 1. The van der Waals surface area contributed by atoms with Gasteiger partial charge in [0, 0.05) is 18.7 Å². The third kappa shape index (κ3) is 1.94. The minimum atomic E-state index is -0.240. The van der Waals surface area contributed by atoms with Gasteiger partial charge in [-0.15, -0.1) is 0 Å². The molecule has 0 unspecified atom stereocenters. The normalized spacial score (nSPS) is 20.1. The number of fused-ring (bicyclic) bond motifs is 1. The van der Waals surface area contributed by atoms with Crippen LogP contribution in [0.15, 0.2) is 18.2 Å². The zero-order valence-corrected chi connectivity index (χ0v) is 9.88. The monoisotopic (exact) mass is 232 g/mol. The molecule has 0 spiro atoms. The van der Waals surface area contributed by atoms with Crippen LogP contribution in [-0.2, 0) is 6.54 Å². The van der Waals surface area contributed by atoms with E-state index in [9.17, 15) is 4.39 Å². The van der Waals surface area contributed by atoms with E-state index in [2.05, 4.69) is 4.90 Å². The summed E-state index contributed by atoms with van der Waals surface area (Å²) in [6.45, 7) is 1.75. The SMILES string of the molecule is N=C1c2cc(F)ccc2CN1CC1CCCC1. The first-order chi connectivity index (χ1) is 8.24. The van der Waals surface area contributed by atoms with Crippen molar-refractivity contribution >= 4 is 5.84 Å². The molecule has 0 aromatic heterocycles. The lowest BCUT2D eigenvalue weighted by Gasteiger charge is -2.21. The van der Waals surface area contributed by atoms with Crippen molar-refractivity contribution < 1.29 is 4.39 Å². The van der Waals surface area contributed by atoms with E-state index < -0.39 is 0 Å². The van der Waals surface area contributed by atoms with Crippen LogP contribution < -0.4 is 0 Å². The van der Waals surface area contributed by atoms with Gasteiger partial charge in [0.1, 0.15) is 11.7 Å². The molecule has 1 aromatic rings. The average molecular weight is 232 g/mol. The number of hydrogen-bond donors (Lipinski definition) is 1. The molecule has 2 nitrogen and oxygen atoms in total. The number of amidine groups is 1.